The second kappa shape index (κ2) is 8.63. The SMILES string of the molecule is CCC/N=C/COCCC. The number of rotatable bonds is 6. The van der Waals surface area contributed by atoms with E-state index in [1.165, 1.54) is 0 Å². The van der Waals surface area contributed by atoms with E-state index in [-0.39, 0.29) is 0 Å². The van der Waals surface area contributed by atoms with E-state index in [2.05, 4.69) is 18.8 Å². The first-order chi connectivity index (χ1) is 4.91. The maximum absolute atomic E-state index is 5.18. The molecule has 0 aromatic carbocycles. The summed E-state index contributed by atoms with van der Waals surface area (Å²) in [6, 6.07) is 0. The van der Waals surface area contributed by atoms with E-state index in [1.54, 1.807) is 0 Å². The van der Waals surface area contributed by atoms with Crippen molar-refractivity contribution in [3.8, 4) is 0 Å². The molecule has 0 atom stereocenters. The van der Waals surface area contributed by atoms with E-state index in [0.717, 1.165) is 26.0 Å². The lowest BCUT2D eigenvalue weighted by Crippen LogP contribution is -1.96. The summed E-state index contributed by atoms with van der Waals surface area (Å²) in [6.07, 6.45) is 4.05. The largest absolute Gasteiger partial charge is 0.376 e. The predicted molar refractivity (Wildman–Crippen MR) is 44.8 cm³/mol. The lowest BCUT2D eigenvalue weighted by atomic mass is 10.5. The van der Waals surface area contributed by atoms with Gasteiger partial charge in [-0.2, -0.15) is 0 Å². The van der Waals surface area contributed by atoms with E-state index in [0.29, 0.717) is 6.61 Å². The molecular formula is C8H17NO. The highest BCUT2D eigenvalue weighted by Crippen LogP contribution is 1.79. The molecule has 0 spiro atoms. The van der Waals surface area contributed by atoms with E-state index >= 15 is 0 Å². The zero-order chi connectivity index (χ0) is 7.66. The Labute approximate surface area is 63.3 Å². The van der Waals surface area contributed by atoms with Gasteiger partial charge in [0.25, 0.3) is 0 Å². The molecule has 2 nitrogen and oxygen atoms in total. The van der Waals surface area contributed by atoms with Crippen LogP contribution in [0.1, 0.15) is 26.7 Å². The fourth-order valence-corrected chi connectivity index (χ4v) is 0.553. The fourth-order valence-electron chi connectivity index (χ4n) is 0.553. The Balaban J connectivity index is 2.88. The normalized spacial score (nSPS) is 11.0. The highest BCUT2D eigenvalue weighted by atomic mass is 16.5. The second-order valence-corrected chi connectivity index (χ2v) is 2.16. The van der Waals surface area contributed by atoms with Crippen molar-refractivity contribution in [2.24, 2.45) is 4.99 Å². The van der Waals surface area contributed by atoms with Gasteiger partial charge in [0, 0.05) is 19.4 Å². The summed E-state index contributed by atoms with van der Waals surface area (Å²) >= 11 is 0. The topological polar surface area (TPSA) is 21.6 Å². The van der Waals surface area contributed by atoms with Crippen LogP contribution in [0.4, 0.5) is 0 Å². The molecule has 0 bridgehead atoms. The lowest BCUT2D eigenvalue weighted by molar-refractivity contribution is 0.174. The van der Waals surface area contributed by atoms with E-state index in [1.807, 2.05) is 6.21 Å². The third-order valence-electron chi connectivity index (χ3n) is 1.02. The van der Waals surface area contributed by atoms with Crippen molar-refractivity contribution >= 4 is 6.21 Å². The molecule has 0 saturated carbocycles. The van der Waals surface area contributed by atoms with Gasteiger partial charge in [0.05, 0.1) is 6.61 Å². The Hall–Kier alpha value is -0.370. The van der Waals surface area contributed by atoms with Crippen LogP contribution in [0.5, 0.6) is 0 Å². The molecule has 0 N–H and O–H groups in total. The Morgan fingerprint density at radius 1 is 1.30 bits per heavy atom. The molecule has 0 radical (unpaired) electrons. The van der Waals surface area contributed by atoms with Crippen LogP contribution < -0.4 is 0 Å². The van der Waals surface area contributed by atoms with Crippen LogP contribution in [-0.2, 0) is 4.74 Å². The van der Waals surface area contributed by atoms with Crippen LogP contribution in [-0.4, -0.2) is 26.0 Å². The summed E-state index contributed by atoms with van der Waals surface area (Å²) in [5.41, 5.74) is 0. The maximum atomic E-state index is 5.18. The molecule has 10 heavy (non-hydrogen) atoms. The van der Waals surface area contributed by atoms with Gasteiger partial charge in [0.15, 0.2) is 0 Å². The summed E-state index contributed by atoms with van der Waals surface area (Å²) in [5.74, 6) is 0. The molecule has 0 unspecified atom stereocenters. The average Bonchev–Trinajstić information content (AvgIpc) is 1.97. The van der Waals surface area contributed by atoms with Gasteiger partial charge in [-0.15, -0.1) is 0 Å². The van der Waals surface area contributed by atoms with Crippen molar-refractivity contribution in [2.45, 2.75) is 26.7 Å². The van der Waals surface area contributed by atoms with E-state index in [9.17, 15) is 0 Å². The Kier molecular flexibility index (Phi) is 8.31. The minimum absolute atomic E-state index is 0.674. The second-order valence-electron chi connectivity index (χ2n) is 2.16. The van der Waals surface area contributed by atoms with Gasteiger partial charge >= 0.3 is 0 Å². The zero-order valence-corrected chi connectivity index (χ0v) is 6.97. The first kappa shape index (κ1) is 9.63. The molecule has 0 fully saturated rings. The van der Waals surface area contributed by atoms with Crippen LogP contribution in [0.25, 0.3) is 0 Å². The minimum Gasteiger partial charge on any atom is -0.376 e. The molecule has 0 aliphatic carbocycles. The van der Waals surface area contributed by atoms with E-state index in [4.69, 9.17) is 4.74 Å². The maximum Gasteiger partial charge on any atom is 0.0814 e. The number of hydrogen-bond acceptors (Lipinski definition) is 2. The van der Waals surface area contributed by atoms with Crippen molar-refractivity contribution in [1.82, 2.24) is 0 Å². The molecule has 0 heterocycles. The molecule has 0 rings (SSSR count). The molecule has 2 heteroatoms. The average molecular weight is 143 g/mol. The van der Waals surface area contributed by atoms with Gasteiger partial charge in [-0.1, -0.05) is 13.8 Å². The third-order valence-corrected chi connectivity index (χ3v) is 1.02. The smallest absolute Gasteiger partial charge is 0.0814 e. The van der Waals surface area contributed by atoms with Crippen LogP contribution in [0.3, 0.4) is 0 Å². The molecular weight excluding hydrogens is 126 g/mol. The predicted octanol–water partition coefficient (Wildman–Crippen LogP) is 1.89. The number of ether oxygens (including phenoxy) is 1. The Morgan fingerprint density at radius 3 is 2.70 bits per heavy atom. The first-order valence-electron chi connectivity index (χ1n) is 3.97. The monoisotopic (exact) mass is 143 g/mol. The molecule has 0 aliphatic heterocycles. The van der Waals surface area contributed by atoms with Gasteiger partial charge in [-0.3, -0.25) is 4.99 Å². The highest BCUT2D eigenvalue weighted by Gasteiger charge is 1.79. The standard InChI is InChI=1S/C8H17NO/c1-3-5-9-6-8-10-7-4-2/h6H,3-5,7-8H2,1-2H3/b9-6+. The fraction of sp³-hybridized carbons (Fsp3) is 0.875. The zero-order valence-electron chi connectivity index (χ0n) is 6.97. The summed E-state index contributed by atoms with van der Waals surface area (Å²) in [7, 11) is 0. The van der Waals surface area contributed by atoms with Crippen LogP contribution in [0.15, 0.2) is 4.99 Å². The van der Waals surface area contributed by atoms with Gasteiger partial charge in [0.2, 0.25) is 0 Å². The van der Waals surface area contributed by atoms with Gasteiger partial charge < -0.3 is 4.74 Å². The number of nitrogens with zero attached hydrogens (tertiary/aromatic N) is 1. The molecule has 60 valence electrons. The van der Waals surface area contributed by atoms with Crippen molar-refractivity contribution in [3.05, 3.63) is 0 Å². The molecule has 0 aliphatic rings. The third kappa shape index (κ3) is 7.63. The Morgan fingerprint density at radius 2 is 2.10 bits per heavy atom. The summed E-state index contributed by atoms with van der Waals surface area (Å²) < 4.78 is 5.18. The van der Waals surface area contributed by atoms with Crippen molar-refractivity contribution < 1.29 is 4.74 Å². The molecule has 0 amide bonds. The van der Waals surface area contributed by atoms with Gasteiger partial charge in [0.1, 0.15) is 0 Å². The van der Waals surface area contributed by atoms with Gasteiger partial charge in [-0.25, -0.2) is 0 Å². The summed E-state index contributed by atoms with van der Waals surface area (Å²) in [5, 5.41) is 0. The quantitative estimate of drug-likeness (QED) is 0.411. The minimum atomic E-state index is 0.674. The lowest BCUT2D eigenvalue weighted by Gasteiger charge is -1.94. The Bertz CT molecular complexity index is 81.3. The van der Waals surface area contributed by atoms with Gasteiger partial charge in [-0.05, 0) is 12.8 Å². The molecule has 0 saturated heterocycles. The summed E-state index contributed by atoms with van der Waals surface area (Å²) in [6.45, 7) is 6.66. The number of aliphatic imine (C=N–C) groups is 1. The van der Waals surface area contributed by atoms with Crippen LogP contribution in [0.2, 0.25) is 0 Å². The molecule has 0 aromatic heterocycles. The van der Waals surface area contributed by atoms with E-state index < -0.39 is 0 Å². The van der Waals surface area contributed by atoms with Crippen LogP contribution >= 0.6 is 0 Å². The number of hydrogen-bond donors (Lipinski definition) is 0. The van der Waals surface area contributed by atoms with Crippen molar-refractivity contribution in [1.29, 1.82) is 0 Å². The van der Waals surface area contributed by atoms with Crippen LogP contribution in [0, 0.1) is 0 Å². The van der Waals surface area contributed by atoms with Crippen molar-refractivity contribution in [2.75, 3.05) is 19.8 Å². The first-order valence-corrected chi connectivity index (χ1v) is 3.97. The summed E-state index contributed by atoms with van der Waals surface area (Å²) in [4.78, 5) is 4.11. The molecule has 0 aromatic rings. The highest BCUT2D eigenvalue weighted by molar-refractivity contribution is 5.58. The van der Waals surface area contributed by atoms with Crippen molar-refractivity contribution in [3.63, 3.8) is 0 Å².